The minimum absolute atomic E-state index is 0.0143. The highest BCUT2D eigenvalue weighted by Crippen LogP contribution is 2.26. The van der Waals surface area contributed by atoms with Crippen molar-refractivity contribution in [3.63, 3.8) is 0 Å². The van der Waals surface area contributed by atoms with Crippen LogP contribution in [0.3, 0.4) is 0 Å². The van der Waals surface area contributed by atoms with Crippen LogP contribution in [0.25, 0.3) is 0 Å². The molecule has 1 aromatic rings. The molecule has 0 radical (unpaired) electrons. The molecule has 1 N–H and O–H groups in total. The van der Waals surface area contributed by atoms with E-state index < -0.39 is 0 Å². The van der Waals surface area contributed by atoms with Crippen molar-refractivity contribution in [2.45, 2.75) is 6.42 Å². The Balaban J connectivity index is 1.72. The van der Waals surface area contributed by atoms with Gasteiger partial charge in [-0.3, -0.25) is 4.79 Å². The number of anilines is 1. The summed E-state index contributed by atoms with van der Waals surface area (Å²) in [5.74, 6) is 0.416. The number of hydrogen-bond donors (Lipinski definition) is 1. The van der Waals surface area contributed by atoms with Crippen LogP contribution in [0.2, 0.25) is 0 Å². The largest absolute Gasteiger partial charge is 0.374 e. The second-order valence-corrected chi connectivity index (χ2v) is 5.51. The summed E-state index contributed by atoms with van der Waals surface area (Å²) in [5, 5.41) is 11.2. The molecular formula is C13H14N4OS. The zero-order valence-electron chi connectivity index (χ0n) is 10.6. The van der Waals surface area contributed by atoms with Gasteiger partial charge in [-0.1, -0.05) is 17.8 Å². The maximum Gasteiger partial charge on any atom is 0.236 e. The van der Waals surface area contributed by atoms with E-state index in [1.807, 2.05) is 6.07 Å². The number of carbonyl (C=O) groups is 1. The summed E-state index contributed by atoms with van der Waals surface area (Å²) < 4.78 is 0. The van der Waals surface area contributed by atoms with Gasteiger partial charge in [0.2, 0.25) is 5.91 Å². The van der Waals surface area contributed by atoms with Gasteiger partial charge in [0.1, 0.15) is 0 Å². The standard InChI is InChI=1S/C13H14N4OS/c1-17-5-4-10-6-9(2-3-11(10)17)7-14-16-13-15-12(18)8-19-13/h2-3,6-7H,4-5,8H2,1H3,(H,15,16,18). The third-order valence-electron chi connectivity index (χ3n) is 3.17. The second kappa shape index (κ2) is 5.05. The van der Waals surface area contributed by atoms with E-state index in [0.717, 1.165) is 18.5 Å². The molecule has 0 aromatic heterocycles. The Kier molecular flexibility index (Phi) is 3.25. The number of fused-ring (bicyclic) bond motifs is 1. The quantitative estimate of drug-likeness (QED) is 0.652. The molecule has 2 heterocycles. The Bertz CT molecular complexity index is 582. The van der Waals surface area contributed by atoms with Crippen molar-refractivity contribution in [3.05, 3.63) is 29.3 Å². The first-order chi connectivity index (χ1) is 9.22. The van der Waals surface area contributed by atoms with E-state index in [0.29, 0.717) is 10.9 Å². The molecule has 0 aliphatic carbocycles. The number of benzene rings is 1. The molecule has 2 aliphatic heterocycles. The van der Waals surface area contributed by atoms with Crippen LogP contribution >= 0.6 is 11.8 Å². The summed E-state index contributed by atoms with van der Waals surface area (Å²) in [7, 11) is 2.10. The zero-order valence-corrected chi connectivity index (χ0v) is 11.4. The number of amides is 1. The van der Waals surface area contributed by atoms with Crippen LogP contribution in [0.5, 0.6) is 0 Å². The molecular weight excluding hydrogens is 260 g/mol. The van der Waals surface area contributed by atoms with Crippen molar-refractivity contribution >= 4 is 34.7 Å². The smallest absolute Gasteiger partial charge is 0.236 e. The maximum absolute atomic E-state index is 11.0. The van der Waals surface area contributed by atoms with Crippen LogP contribution in [0.15, 0.2) is 28.4 Å². The van der Waals surface area contributed by atoms with E-state index in [2.05, 4.69) is 39.6 Å². The lowest BCUT2D eigenvalue weighted by molar-refractivity contribution is -0.116. The van der Waals surface area contributed by atoms with Gasteiger partial charge in [-0.2, -0.15) is 5.10 Å². The van der Waals surface area contributed by atoms with Crippen LogP contribution in [0, 0.1) is 0 Å². The second-order valence-electron chi connectivity index (χ2n) is 4.55. The lowest BCUT2D eigenvalue weighted by Gasteiger charge is -2.11. The van der Waals surface area contributed by atoms with Crippen LogP contribution in [0.1, 0.15) is 11.1 Å². The number of nitrogens with zero attached hydrogens (tertiary/aromatic N) is 3. The molecule has 1 saturated heterocycles. The van der Waals surface area contributed by atoms with Gasteiger partial charge in [-0.15, -0.1) is 5.10 Å². The third kappa shape index (κ3) is 2.63. The molecule has 0 bridgehead atoms. The topological polar surface area (TPSA) is 57.1 Å². The van der Waals surface area contributed by atoms with Gasteiger partial charge in [0.05, 0.1) is 12.0 Å². The Morgan fingerprint density at radius 3 is 3.16 bits per heavy atom. The predicted molar refractivity (Wildman–Crippen MR) is 79.0 cm³/mol. The molecule has 6 heteroatoms. The summed E-state index contributed by atoms with van der Waals surface area (Å²) in [6, 6.07) is 6.29. The molecule has 0 saturated carbocycles. The van der Waals surface area contributed by atoms with Gasteiger partial charge < -0.3 is 10.2 Å². The lowest BCUT2D eigenvalue weighted by atomic mass is 10.1. The van der Waals surface area contributed by atoms with Gasteiger partial charge in [-0.05, 0) is 29.7 Å². The van der Waals surface area contributed by atoms with Gasteiger partial charge in [0.15, 0.2) is 5.17 Å². The van der Waals surface area contributed by atoms with Crippen molar-refractivity contribution < 1.29 is 4.79 Å². The van der Waals surface area contributed by atoms with Gasteiger partial charge in [0, 0.05) is 19.3 Å². The fourth-order valence-corrected chi connectivity index (χ4v) is 2.83. The van der Waals surface area contributed by atoms with Crippen LogP contribution in [-0.4, -0.2) is 36.6 Å². The number of rotatable bonds is 2. The Morgan fingerprint density at radius 2 is 2.37 bits per heavy atom. The molecule has 0 atom stereocenters. The fraction of sp³-hybridized carbons (Fsp3) is 0.308. The average Bonchev–Trinajstić information content (AvgIpc) is 2.97. The van der Waals surface area contributed by atoms with Crippen LogP contribution < -0.4 is 10.2 Å². The molecule has 0 spiro atoms. The van der Waals surface area contributed by atoms with Gasteiger partial charge in [0.25, 0.3) is 0 Å². The third-order valence-corrected chi connectivity index (χ3v) is 4.04. The zero-order chi connectivity index (χ0) is 13.2. The van der Waals surface area contributed by atoms with Gasteiger partial charge in [-0.25, -0.2) is 0 Å². The number of amidine groups is 1. The molecule has 1 amide bonds. The van der Waals surface area contributed by atoms with Crippen LogP contribution in [-0.2, 0) is 11.2 Å². The molecule has 1 aromatic carbocycles. The SMILES string of the molecule is CN1CCc2cc(C=NN=C3NC(=O)CS3)ccc21. The summed E-state index contributed by atoms with van der Waals surface area (Å²) in [4.78, 5) is 13.2. The van der Waals surface area contributed by atoms with Gasteiger partial charge >= 0.3 is 0 Å². The number of thioether (sulfide) groups is 1. The Morgan fingerprint density at radius 1 is 1.47 bits per heavy atom. The molecule has 19 heavy (non-hydrogen) atoms. The highest BCUT2D eigenvalue weighted by molar-refractivity contribution is 8.15. The van der Waals surface area contributed by atoms with E-state index in [-0.39, 0.29) is 5.91 Å². The van der Waals surface area contributed by atoms with Crippen molar-refractivity contribution in [2.24, 2.45) is 10.2 Å². The number of nitrogens with one attached hydrogen (secondary N) is 1. The molecule has 98 valence electrons. The summed E-state index contributed by atoms with van der Waals surface area (Å²) >= 11 is 1.37. The molecule has 2 aliphatic rings. The maximum atomic E-state index is 11.0. The van der Waals surface area contributed by atoms with E-state index in [1.165, 1.54) is 23.0 Å². The minimum atomic E-state index is -0.0143. The number of carbonyl (C=O) groups excluding carboxylic acids is 1. The predicted octanol–water partition coefficient (Wildman–Crippen LogP) is 1.23. The van der Waals surface area contributed by atoms with Crippen molar-refractivity contribution in [1.82, 2.24) is 5.32 Å². The van der Waals surface area contributed by atoms with Crippen molar-refractivity contribution in [3.8, 4) is 0 Å². The van der Waals surface area contributed by atoms with E-state index in [4.69, 9.17) is 0 Å². The first kappa shape index (κ1) is 12.2. The monoisotopic (exact) mass is 274 g/mol. The summed E-state index contributed by atoms with van der Waals surface area (Å²) in [6.45, 7) is 1.07. The van der Waals surface area contributed by atoms with Crippen molar-refractivity contribution in [1.29, 1.82) is 0 Å². The van der Waals surface area contributed by atoms with E-state index in [9.17, 15) is 4.79 Å². The minimum Gasteiger partial charge on any atom is -0.374 e. The Labute approximate surface area is 115 Å². The Hall–Kier alpha value is -1.82. The number of hydrogen-bond acceptors (Lipinski definition) is 5. The fourth-order valence-electron chi connectivity index (χ4n) is 2.19. The summed E-state index contributed by atoms with van der Waals surface area (Å²) in [5.41, 5.74) is 3.68. The highest BCUT2D eigenvalue weighted by atomic mass is 32.2. The number of likely N-dealkylation sites (N-methyl/N-ethyl adjacent to an activating group) is 1. The van der Waals surface area contributed by atoms with E-state index >= 15 is 0 Å². The van der Waals surface area contributed by atoms with Crippen molar-refractivity contribution in [2.75, 3.05) is 24.2 Å². The van der Waals surface area contributed by atoms with Crippen LogP contribution in [0.4, 0.5) is 5.69 Å². The lowest BCUT2D eigenvalue weighted by Crippen LogP contribution is -2.19. The molecule has 5 nitrogen and oxygen atoms in total. The highest BCUT2D eigenvalue weighted by Gasteiger charge is 2.16. The first-order valence-electron chi connectivity index (χ1n) is 6.10. The van der Waals surface area contributed by atoms with E-state index in [1.54, 1.807) is 6.21 Å². The molecule has 3 rings (SSSR count). The summed E-state index contributed by atoms with van der Waals surface area (Å²) in [6.07, 6.45) is 2.80. The first-order valence-corrected chi connectivity index (χ1v) is 7.09. The molecule has 0 unspecified atom stereocenters. The molecule has 1 fully saturated rings. The normalized spacial score (nSPS) is 20.4. The average molecular weight is 274 g/mol.